The first-order chi connectivity index (χ1) is 18.0. The maximum absolute atomic E-state index is 13.2. The molecule has 1 aliphatic heterocycles. The highest BCUT2D eigenvalue weighted by Crippen LogP contribution is 2.36. The van der Waals surface area contributed by atoms with Gasteiger partial charge in [-0.25, -0.2) is 9.78 Å². The van der Waals surface area contributed by atoms with Crippen LogP contribution >= 0.6 is 0 Å². The number of unbranched alkanes of at least 4 members (excludes halogenated alkanes) is 1. The number of aromatic amines is 1. The van der Waals surface area contributed by atoms with Crippen molar-refractivity contribution in [3.05, 3.63) is 40.8 Å². The number of likely N-dealkylation sites (tertiary alicyclic amines) is 1. The monoisotopic (exact) mass is 525 g/mol. The Morgan fingerprint density at radius 3 is 2.63 bits per heavy atom. The summed E-state index contributed by atoms with van der Waals surface area (Å²) in [6.07, 6.45) is 3.37. The summed E-state index contributed by atoms with van der Waals surface area (Å²) in [5, 5.41) is 14.6. The van der Waals surface area contributed by atoms with Crippen LogP contribution in [0, 0.1) is 12.3 Å². The van der Waals surface area contributed by atoms with E-state index in [2.05, 4.69) is 20.6 Å². The third-order valence-corrected chi connectivity index (χ3v) is 7.01. The Hall–Kier alpha value is -3.89. The van der Waals surface area contributed by atoms with E-state index in [4.69, 9.17) is 9.84 Å². The Morgan fingerprint density at radius 1 is 1.26 bits per heavy atom. The zero-order valence-electron chi connectivity index (χ0n) is 22.2. The van der Waals surface area contributed by atoms with Gasteiger partial charge in [-0.1, -0.05) is 33.6 Å². The lowest BCUT2D eigenvalue weighted by Crippen LogP contribution is -2.55. The summed E-state index contributed by atoms with van der Waals surface area (Å²) in [6.45, 7) is 8.39. The number of hydrogen-bond acceptors (Lipinski definition) is 6. The molecule has 3 amide bonds. The SMILES string of the molecule is CCCCC(NC(=O)c1[nH]c2c(c1C)C(=O)CC(C)(C)C2)C(=O)Nc1ccc(OC2CN(C(=O)O)C2)nc1. The Kier molecular flexibility index (Phi) is 7.75. The largest absolute Gasteiger partial charge is 0.471 e. The number of pyridine rings is 1. The Bertz CT molecular complexity index is 1230. The molecular formula is C27H35N5O6. The van der Waals surface area contributed by atoms with E-state index in [1.165, 1.54) is 11.1 Å². The number of rotatable bonds is 9. The number of nitrogens with one attached hydrogen (secondary N) is 3. The van der Waals surface area contributed by atoms with Crippen LogP contribution in [-0.4, -0.2) is 68.9 Å². The van der Waals surface area contributed by atoms with Crippen molar-refractivity contribution in [2.45, 2.75) is 71.9 Å². The van der Waals surface area contributed by atoms with Gasteiger partial charge in [0.2, 0.25) is 11.8 Å². The lowest BCUT2D eigenvalue weighted by Gasteiger charge is -2.36. The maximum atomic E-state index is 13.2. The van der Waals surface area contributed by atoms with Crippen LogP contribution in [0.3, 0.4) is 0 Å². The number of hydrogen-bond donors (Lipinski definition) is 4. The number of ether oxygens (including phenoxy) is 1. The van der Waals surface area contributed by atoms with Gasteiger partial charge in [0.1, 0.15) is 17.8 Å². The maximum Gasteiger partial charge on any atom is 0.407 e. The standard InChI is InChI=1S/C27H35N5O6/c1-5-6-7-18(31-25(35)23-15(2)22-19(30-23)10-27(3,4)11-20(22)33)24(34)29-16-8-9-21(28-12-16)38-17-13-32(14-17)26(36)37/h8-9,12,17-18,30H,5-7,10-11,13-14H2,1-4H3,(H,29,34)(H,31,35)(H,36,37). The zero-order chi connectivity index (χ0) is 27.6. The molecule has 0 bridgehead atoms. The number of anilines is 1. The van der Waals surface area contributed by atoms with Gasteiger partial charge in [0, 0.05) is 23.7 Å². The van der Waals surface area contributed by atoms with Gasteiger partial charge in [-0.3, -0.25) is 14.4 Å². The Labute approximate surface area is 221 Å². The molecule has 11 nitrogen and oxygen atoms in total. The fourth-order valence-corrected chi connectivity index (χ4v) is 4.96. The molecule has 2 aromatic rings. The first-order valence-electron chi connectivity index (χ1n) is 12.9. The molecule has 0 radical (unpaired) electrons. The van der Waals surface area contributed by atoms with Gasteiger partial charge in [0.25, 0.3) is 5.91 Å². The van der Waals surface area contributed by atoms with Gasteiger partial charge in [-0.05, 0) is 36.8 Å². The van der Waals surface area contributed by atoms with Crippen LogP contribution in [0.1, 0.15) is 78.6 Å². The van der Waals surface area contributed by atoms with Crippen LogP contribution in [0.2, 0.25) is 0 Å². The van der Waals surface area contributed by atoms with Crippen molar-refractivity contribution in [3.63, 3.8) is 0 Å². The van der Waals surface area contributed by atoms with Gasteiger partial charge >= 0.3 is 6.09 Å². The van der Waals surface area contributed by atoms with E-state index in [0.29, 0.717) is 47.7 Å². The van der Waals surface area contributed by atoms with Crippen molar-refractivity contribution < 1.29 is 29.0 Å². The Morgan fingerprint density at radius 2 is 2.00 bits per heavy atom. The number of ketones is 1. The lowest BCUT2D eigenvalue weighted by molar-refractivity contribution is -0.118. The number of H-pyrrole nitrogens is 1. The number of aromatic nitrogens is 2. The topological polar surface area (TPSA) is 154 Å². The van der Waals surface area contributed by atoms with Gasteiger partial charge < -0.3 is 30.4 Å². The van der Waals surface area contributed by atoms with Crippen molar-refractivity contribution in [3.8, 4) is 5.88 Å². The molecule has 1 fully saturated rings. The van der Waals surface area contributed by atoms with Crippen molar-refractivity contribution in [2.75, 3.05) is 18.4 Å². The third kappa shape index (κ3) is 5.98. The number of carbonyl (C=O) groups excluding carboxylic acids is 3. The van der Waals surface area contributed by atoms with Crippen LogP contribution in [-0.2, 0) is 11.2 Å². The summed E-state index contributed by atoms with van der Waals surface area (Å²) in [7, 11) is 0. The lowest BCUT2D eigenvalue weighted by atomic mass is 9.75. The number of carboxylic acid groups (broad SMARTS) is 1. The minimum absolute atomic E-state index is 0.0285. The van der Waals surface area contributed by atoms with E-state index < -0.39 is 18.0 Å². The molecule has 2 aromatic heterocycles. The van der Waals surface area contributed by atoms with Gasteiger partial charge in [-0.15, -0.1) is 0 Å². The van der Waals surface area contributed by atoms with E-state index >= 15 is 0 Å². The molecule has 2 aliphatic rings. The van der Waals surface area contributed by atoms with Crippen molar-refractivity contribution in [2.24, 2.45) is 5.41 Å². The summed E-state index contributed by atoms with van der Waals surface area (Å²) >= 11 is 0. The second kappa shape index (κ2) is 10.8. The highest BCUT2D eigenvalue weighted by Gasteiger charge is 2.36. The second-order valence-electron chi connectivity index (χ2n) is 10.9. The summed E-state index contributed by atoms with van der Waals surface area (Å²) in [5.41, 5.74) is 2.56. The molecule has 3 heterocycles. The molecule has 1 unspecified atom stereocenters. The van der Waals surface area contributed by atoms with E-state index in [-0.39, 0.29) is 36.3 Å². The molecule has 11 heteroatoms. The fourth-order valence-electron chi connectivity index (χ4n) is 4.96. The number of amides is 3. The molecule has 1 saturated heterocycles. The molecule has 4 N–H and O–H groups in total. The van der Waals surface area contributed by atoms with Crippen molar-refractivity contribution >= 4 is 29.4 Å². The van der Waals surface area contributed by atoms with E-state index in [9.17, 15) is 19.2 Å². The molecule has 4 rings (SSSR count). The molecule has 38 heavy (non-hydrogen) atoms. The van der Waals surface area contributed by atoms with E-state index in [1.54, 1.807) is 19.1 Å². The van der Waals surface area contributed by atoms with Crippen molar-refractivity contribution in [1.29, 1.82) is 0 Å². The first kappa shape index (κ1) is 27.2. The molecule has 204 valence electrons. The smallest absolute Gasteiger partial charge is 0.407 e. The third-order valence-electron chi connectivity index (χ3n) is 7.01. The molecule has 0 saturated carbocycles. The summed E-state index contributed by atoms with van der Waals surface area (Å²) in [5.74, 6) is -0.431. The van der Waals surface area contributed by atoms with Crippen LogP contribution in [0.5, 0.6) is 5.88 Å². The van der Waals surface area contributed by atoms with Crippen LogP contribution in [0.15, 0.2) is 18.3 Å². The average molecular weight is 526 g/mol. The molecule has 0 spiro atoms. The van der Waals surface area contributed by atoms with Crippen LogP contribution < -0.4 is 15.4 Å². The van der Waals surface area contributed by atoms with E-state index in [0.717, 1.165) is 18.5 Å². The number of fused-ring (bicyclic) bond motifs is 1. The first-order valence-corrected chi connectivity index (χ1v) is 12.9. The second-order valence-corrected chi connectivity index (χ2v) is 10.9. The van der Waals surface area contributed by atoms with E-state index in [1.807, 2.05) is 20.8 Å². The highest BCUT2D eigenvalue weighted by atomic mass is 16.5. The highest BCUT2D eigenvalue weighted by molar-refractivity contribution is 6.06. The zero-order valence-corrected chi connectivity index (χ0v) is 22.2. The van der Waals surface area contributed by atoms with Gasteiger partial charge in [0.15, 0.2) is 5.78 Å². The number of Topliss-reactive ketones (excluding diaryl/α,β-unsaturated/α-hetero) is 1. The molecule has 1 atom stereocenters. The number of nitrogens with zero attached hydrogens (tertiary/aromatic N) is 2. The average Bonchev–Trinajstić information content (AvgIpc) is 3.14. The van der Waals surface area contributed by atoms with Crippen LogP contribution in [0.25, 0.3) is 0 Å². The van der Waals surface area contributed by atoms with Crippen molar-refractivity contribution in [1.82, 2.24) is 20.2 Å². The predicted octanol–water partition coefficient (Wildman–Crippen LogP) is 3.54. The summed E-state index contributed by atoms with van der Waals surface area (Å²) < 4.78 is 5.65. The Balaban J connectivity index is 1.40. The normalized spacial score (nSPS) is 17.3. The molecule has 1 aliphatic carbocycles. The quantitative estimate of drug-likeness (QED) is 0.390. The van der Waals surface area contributed by atoms with Gasteiger partial charge in [0.05, 0.1) is 25.0 Å². The summed E-state index contributed by atoms with van der Waals surface area (Å²) in [6, 6.07) is 2.47. The molecule has 0 aromatic carbocycles. The predicted molar refractivity (Wildman–Crippen MR) is 140 cm³/mol. The minimum atomic E-state index is -0.982. The summed E-state index contributed by atoms with van der Waals surface area (Å²) in [4.78, 5) is 58.5. The minimum Gasteiger partial charge on any atom is -0.471 e. The van der Waals surface area contributed by atoms with Crippen LogP contribution in [0.4, 0.5) is 10.5 Å². The van der Waals surface area contributed by atoms with Gasteiger partial charge in [-0.2, -0.15) is 0 Å². The molecular weight excluding hydrogens is 490 g/mol. The fraction of sp³-hybridized carbons (Fsp3) is 0.519. The number of carbonyl (C=O) groups is 4.